The molecule has 0 atom stereocenters. The van der Waals surface area contributed by atoms with E-state index < -0.39 is 0 Å². The van der Waals surface area contributed by atoms with Gasteiger partial charge in [-0.15, -0.1) is 10.2 Å². The summed E-state index contributed by atoms with van der Waals surface area (Å²) in [5.74, 6) is 2.14. The number of aromatic nitrogens is 4. The number of carbonyl (C=O) groups is 1. The van der Waals surface area contributed by atoms with Gasteiger partial charge in [-0.3, -0.25) is 14.3 Å². The summed E-state index contributed by atoms with van der Waals surface area (Å²) < 4.78 is 7.48. The fourth-order valence-corrected chi connectivity index (χ4v) is 3.42. The largest absolute Gasteiger partial charge is 0.494 e. The second-order valence-electron chi connectivity index (χ2n) is 6.80. The normalized spacial score (nSPS) is 10.9. The van der Waals surface area contributed by atoms with Gasteiger partial charge < -0.3 is 10.1 Å². The molecule has 1 N–H and O–H groups in total. The molecule has 0 radical (unpaired) electrons. The molecular weight excluding hydrogens is 386 g/mol. The third-order valence-corrected chi connectivity index (χ3v) is 4.93. The Hall–Kier alpha value is -2.87. The van der Waals surface area contributed by atoms with Gasteiger partial charge in [0.15, 0.2) is 11.0 Å². The number of thioether (sulfide) groups is 1. The van der Waals surface area contributed by atoms with Crippen molar-refractivity contribution in [1.29, 1.82) is 0 Å². The Kier molecular flexibility index (Phi) is 7.24. The van der Waals surface area contributed by atoms with E-state index in [1.54, 1.807) is 12.4 Å². The van der Waals surface area contributed by atoms with Crippen LogP contribution in [0.5, 0.6) is 5.75 Å². The van der Waals surface area contributed by atoms with Crippen LogP contribution >= 0.6 is 11.8 Å². The van der Waals surface area contributed by atoms with Crippen molar-refractivity contribution in [2.45, 2.75) is 25.9 Å². The van der Waals surface area contributed by atoms with Crippen molar-refractivity contribution in [2.24, 2.45) is 5.92 Å². The van der Waals surface area contributed by atoms with Gasteiger partial charge in [0.25, 0.3) is 0 Å². The Bertz CT molecular complexity index is 926. The second-order valence-corrected chi connectivity index (χ2v) is 7.74. The fraction of sp³-hybridized carbons (Fsp3) is 0.333. The van der Waals surface area contributed by atoms with Crippen LogP contribution in [0.15, 0.2) is 53.9 Å². The summed E-state index contributed by atoms with van der Waals surface area (Å²) in [6.45, 7) is 7.35. The standard InChI is InChI=1S/C21H25N5O2S/c1-4-28-18-9-7-17(8-10-18)26-20(16-6-5-11-22-13-16)24-25-21(26)29-14-19(27)23-12-15(2)3/h5-11,13,15H,4,12,14H2,1-3H3,(H,23,27). The Balaban J connectivity index is 1.88. The average Bonchev–Trinajstić information content (AvgIpc) is 3.16. The summed E-state index contributed by atoms with van der Waals surface area (Å²) in [6.07, 6.45) is 3.47. The summed E-state index contributed by atoms with van der Waals surface area (Å²) in [5, 5.41) is 12.3. The Morgan fingerprint density at radius 2 is 2.00 bits per heavy atom. The fourth-order valence-electron chi connectivity index (χ4n) is 2.64. The lowest BCUT2D eigenvalue weighted by atomic mass is 10.2. The van der Waals surface area contributed by atoms with E-state index in [2.05, 4.69) is 34.3 Å². The quantitative estimate of drug-likeness (QED) is 0.542. The molecule has 0 saturated heterocycles. The smallest absolute Gasteiger partial charge is 0.230 e. The molecule has 7 nitrogen and oxygen atoms in total. The molecule has 2 heterocycles. The molecule has 3 rings (SSSR count). The van der Waals surface area contributed by atoms with Crippen LogP contribution < -0.4 is 10.1 Å². The van der Waals surface area contributed by atoms with Crippen LogP contribution in [0, 0.1) is 5.92 Å². The SMILES string of the molecule is CCOc1ccc(-n2c(SCC(=O)NCC(C)C)nnc2-c2cccnc2)cc1. The average molecular weight is 412 g/mol. The summed E-state index contributed by atoms with van der Waals surface area (Å²) in [5.41, 5.74) is 1.74. The minimum absolute atomic E-state index is 0.0205. The van der Waals surface area contributed by atoms with Crippen LogP contribution in [0.1, 0.15) is 20.8 Å². The van der Waals surface area contributed by atoms with Crippen molar-refractivity contribution >= 4 is 17.7 Å². The summed E-state index contributed by atoms with van der Waals surface area (Å²) in [6, 6.07) is 11.5. The van der Waals surface area contributed by atoms with E-state index in [1.807, 2.05) is 47.9 Å². The first-order valence-electron chi connectivity index (χ1n) is 9.57. The van der Waals surface area contributed by atoms with Crippen molar-refractivity contribution in [3.8, 4) is 22.8 Å². The number of ether oxygens (including phenoxy) is 1. The second kappa shape index (κ2) is 10.1. The molecule has 152 valence electrons. The minimum atomic E-state index is -0.0205. The van der Waals surface area contributed by atoms with Gasteiger partial charge in [-0.05, 0) is 49.2 Å². The molecule has 0 unspecified atom stereocenters. The van der Waals surface area contributed by atoms with Gasteiger partial charge in [0, 0.05) is 30.2 Å². The van der Waals surface area contributed by atoms with Crippen molar-refractivity contribution in [1.82, 2.24) is 25.1 Å². The van der Waals surface area contributed by atoms with Crippen LogP contribution in [0.3, 0.4) is 0 Å². The number of hydrogen-bond acceptors (Lipinski definition) is 6. The molecule has 0 saturated carbocycles. The summed E-state index contributed by atoms with van der Waals surface area (Å²) in [7, 11) is 0. The molecule has 0 fully saturated rings. The Morgan fingerprint density at radius 3 is 2.66 bits per heavy atom. The van der Waals surface area contributed by atoms with Gasteiger partial charge in [-0.1, -0.05) is 25.6 Å². The monoisotopic (exact) mass is 411 g/mol. The van der Waals surface area contributed by atoms with Gasteiger partial charge in [-0.25, -0.2) is 0 Å². The van der Waals surface area contributed by atoms with E-state index in [9.17, 15) is 4.79 Å². The highest BCUT2D eigenvalue weighted by Crippen LogP contribution is 2.28. The number of nitrogens with one attached hydrogen (secondary N) is 1. The van der Waals surface area contributed by atoms with Crippen LogP contribution in [0.4, 0.5) is 0 Å². The number of nitrogens with zero attached hydrogens (tertiary/aromatic N) is 4. The number of pyridine rings is 1. The highest BCUT2D eigenvalue weighted by atomic mass is 32.2. The highest BCUT2D eigenvalue weighted by Gasteiger charge is 2.17. The van der Waals surface area contributed by atoms with E-state index in [1.165, 1.54) is 11.8 Å². The van der Waals surface area contributed by atoms with Gasteiger partial charge in [0.05, 0.1) is 12.4 Å². The number of rotatable bonds is 9. The molecular formula is C21H25N5O2S. The molecule has 8 heteroatoms. The predicted octanol–water partition coefficient (Wildman–Crippen LogP) is 3.59. The van der Waals surface area contributed by atoms with E-state index in [-0.39, 0.29) is 11.7 Å². The zero-order valence-corrected chi connectivity index (χ0v) is 17.6. The van der Waals surface area contributed by atoms with Crippen LogP contribution in [-0.2, 0) is 4.79 Å². The maximum Gasteiger partial charge on any atom is 0.230 e. The number of carbonyl (C=O) groups excluding carboxylic acids is 1. The Labute approximate surface area is 174 Å². The third kappa shape index (κ3) is 5.57. The highest BCUT2D eigenvalue weighted by molar-refractivity contribution is 7.99. The number of hydrogen-bond donors (Lipinski definition) is 1. The van der Waals surface area contributed by atoms with E-state index in [4.69, 9.17) is 4.74 Å². The van der Waals surface area contributed by atoms with E-state index in [0.717, 1.165) is 17.0 Å². The molecule has 0 aliphatic rings. The topological polar surface area (TPSA) is 81.9 Å². The summed E-state index contributed by atoms with van der Waals surface area (Å²) in [4.78, 5) is 16.3. The van der Waals surface area contributed by atoms with E-state index in [0.29, 0.717) is 30.1 Å². The van der Waals surface area contributed by atoms with Gasteiger partial charge >= 0.3 is 0 Å². The lowest BCUT2D eigenvalue weighted by Gasteiger charge is -2.12. The molecule has 0 bridgehead atoms. The molecule has 0 aliphatic heterocycles. The number of benzene rings is 1. The lowest BCUT2D eigenvalue weighted by molar-refractivity contribution is -0.118. The van der Waals surface area contributed by atoms with Crippen LogP contribution in [0.25, 0.3) is 17.1 Å². The van der Waals surface area contributed by atoms with Crippen molar-refractivity contribution < 1.29 is 9.53 Å². The van der Waals surface area contributed by atoms with Crippen molar-refractivity contribution in [2.75, 3.05) is 18.9 Å². The molecule has 1 amide bonds. The first-order chi connectivity index (χ1) is 14.1. The zero-order chi connectivity index (χ0) is 20.6. The first kappa shape index (κ1) is 20.9. The molecule has 29 heavy (non-hydrogen) atoms. The van der Waals surface area contributed by atoms with Crippen LogP contribution in [-0.4, -0.2) is 44.6 Å². The third-order valence-electron chi connectivity index (χ3n) is 4.00. The zero-order valence-electron chi connectivity index (χ0n) is 16.8. The first-order valence-corrected chi connectivity index (χ1v) is 10.6. The van der Waals surface area contributed by atoms with Gasteiger partial charge in [0.2, 0.25) is 5.91 Å². The maximum atomic E-state index is 12.1. The summed E-state index contributed by atoms with van der Waals surface area (Å²) >= 11 is 1.36. The van der Waals surface area contributed by atoms with Crippen LogP contribution in [0.2, 0.25) is 0 Å². The Morgan fingerprint density at radius 1 is 1.21 bits per heavy atom. The van der Waals surface area contributed by atoms with E-state index >= 15 is 0 Å². The predicted molar refractivity (Wildman–Crippen MR) is 114 cm³/mol. The molecule has 3 aromatic rings. The van der Waals surface area contributed by atoms with Gasteiger partial charge in [-0.2, -0.15) is 0 Å². The molecule has 1 aromatic carbocycles. The lowest BCUT2D eigenvalue weighted by Crippen LogP contribution is -2.28. The maximum absolute atomic E-state index is 12.1. The molecule has 2 aromatic heterocycles. The van der Waals surface area contributed by atoms with Crippen molar-refractivity contribution in [3.63, 3.8) is 0 Å². The molecule has 0 aliphatic carbocycles. The number of amides is 1. The minimum Gasteiger partial charge on any atom is -0.494 e. The van der Waals surface area contributed by atoms with Gasteiger partial charge in [0.1, 0.15) is 5.75 Å². The molecule has 0 spiro atoms. The van der Waals surface area contributed by atoms with Crippen molar-refractivity contribution in [3.05, 3.63) is 48.8 Å².